The Bertz CT molecular complexity index is 678. The summed E-state index contributed by atoms with van der Waals surface area (Å²) >= 11 is 0. The Morgan fingerprint density at radius 2 is 1.75 bits per heavy atom. The summed E-state index contributed by atoms with van der Waals surface area (Å²) in [6.07, 6.45) is 0. The molecule has 0 bridgehead atoms. The second kappa shape index (κ2) is 5.41. The largest absolute Gasteiger partial charge is 0.496 e. The van der Waals surface area contributed by atoms with Crippen LogP contribution in [-0.2, 0) is 0 Å². The zero-order chi connectivity index (χ0) is 14.9. The molecule has 0 unspecified atom stereocenters. The van der Waals surface area contributed by atoms with E-state index in [-0.39, 0.29) is 5.56 Å². The van der Waals surface area contributed by atoms with E-state index in [0.29, 0.717) is 11.3 Å². The molecule has 0 aliphatic rings. The van der Waals surface area contributed by atoms with Crippen molar-refractivity contribution in [2.45, 2.75) is 13.8 Å². The SMILES string of the molecule is COc1c(C(=O)c2ccc(F)c(F)c2)ccc(C)c1C. The fraction of sp³-hybridized carbons (Fsp3) is 0.188. The van der Waals surface area contributed by atoms with Gasteiger partial charge in [0.25, 0.3) is 0 Å². The molecule has 0 aliphatic heterocycles. The van der Waals surface area contributed by atoms with Gasteiger partial charge in [0.2, 0.25) is 0 Å². The number of ether oxygens (including phenoxy) is 1. The molecule has 2 nitrogen and oxygen atoms in total. The van der Waals surface area contributed by atoms with E-state index in [0.717, 1.165) is 23.3 Å². The van der Waals surface area contributed by atoms with Gasteiger partial charge in [-0.3, -0.25) is 4.79 Å². The number of rotatable bonds is 3. The van der Waals surface area contributed by atoms with E-state index in [2.05, 4.69) is 0 Å². The predicted molar refractivity (Wildman–Crippen MR) is 72.3 cm³/mol. The van der Waals surface area contributed by atoms with Gasteiger partial charge in [0.05, 0.1) is 12.7 Å². The van der Waals surface area contributed by atoms with E-state index in [1.165, 1.54) is 13.2 Å². The summed E-state index contributed by atoms with van der Waals surface area (Å²) in [5.74, 6) is -1.96. The summed E-state index contributed by atoms with van der Waals surface area (Å²) in [7, 11) is 1.48. The number of hydrogen-bond donors (Lipinski definition) is 0. The van der Waals surface area contributed by atoms with Crippen molar-refractivity contribution in [3.63, 3.8) is 0 Å². The highest BCUT2D eigenvalue weighted by molar-refractivity contribution is 6.11. The average Bonchev–Trinajstić information content (AvgIpc) is 2.44. The monoisotopic (exact) mass is 276 g/mol. The number of carbonyl (C=O) groups excluding carboxylic acids is 1. The van der Waals surface area contributed by atoms with E-state index >= 15 is 0 Å². The Labute approximate surface area is 116 Å². The van der Waals surface area contributed by atoms with Crippen LogP contribution in [0.1, 0.15) is 27.0 Å². The van der Waals surface area contributed by atoms with Gasteiger partial charge in [0, 0.05) is 5.56 Å². The van der Waals surface area contributed by atoms with Gasteiger partial charge in [0.1, 0.15) is 5.75 Å². The lowest BCUT2D eigenvalue weighted by Gasteiger charge is -2.12. The molecule has 0 radical (unpaired) electrons. The maximum Gasteiger partial charge on any atom is 0.196 e. The third-order valence-corrected chi connectivity index (χ3v) is 3.31. The molecular formula is C16H14F2O2. The molecular weight excluding hydrogens is 262 g/mol. The van der Waals surface area contributed by atoms with Crippen LogP contribution in [0.5, 0.6) is 5.75 Å². The third-order valence-electron chi connectivity index (χ3n) is 3.31. The summed E-state index contributed by atoms with van der Waals surface area (Å²) in [5.41, 5.74) is 2.26. The highest BCUT2D eigenvalue weighted by atomic mass is 19.2. The van der Waals surface area contributed by atoms with Crippen LogP contribution in [0.2, 0.25) is 0 Å². The minimum Gasteiger partial charge on any atom is -0.496 e. The molecule has 2 aromatic carbocycles. The first kappa shape index (κ1) is 14.2. The highest BCUT2D eigenvalue weighted by Gasteiger charge is 2.18. The van der Waals surface area contributed by atoms with Crippen molar-refractivity contribution in [2.75, 3.05) is 7.11 Å². The Hall–Kier alpha value is -2.23. The summed E-state index contributed by atoms with van der Waals surface area (Å²) in [4.78, 5) is 12.4. The summed E-state index contributed by atoms with van der Waals surface area (Å²) in [6, 6.07) is 6.52. The maximum absolute atomic E-state index is 13.2. The van der Waals surface area contributed by atoms with Crippen molar-refractivity contribution in [1.29, 1.82) is 0 Å². The fourth-order valence-corrected chi connectivity index (χ4v) is 2.02. The van der Waals surface area contributed by atoms with Gasteiger partial charge in [0.15, 0.2) is 17.4 Å². The zero-order valence-corrected chi connectivity index (χ0v) is 11.5. The Kier molecular flexibility index (Phi) is 3.84. The quantitative estimate of drug-likeness (QED) is 0.797. The number of halogens is 2. The molecule has 0 fully saturated rings. The number of benzene rings is 2. The molecule has 0 heterocycles. The molecule has 0 aromatic heterocycles. The van der Waals surface area contributed by atoms with Crippen molar-refractivity contribution < 1.29 is 18.3 Å². The van der Waals surface area contributed by atoms with Crippen LogP contribution in [0, 0.1) is 25.5 Å². The van der Waals surface area contributed by atoms with Crippen LogP contribution in [-0.4, -0.2) is 12.9 Å². The number of hydrogen-bond acceptors (Lipinski definition) is 2. The smallest absolute Gasteiger partial charge is 0.196 e. The molecule has 0 spiro atoms. The molecule has 104 valence electrons. The summed E-state index contributed by atoms with van der Waals surface area (Å²) < 4.78 is 31.4. The van der Waals surface area contributed by atoms with Crippen LogP contribution in [0.3, 0.4) is 0 Å². The number of carbonyl (C=O) groups is 1. The van der Waals surface area contributed by atoms with Crippen LogP contribution >= 0.6 is 0 Å². The van der Waals surface area contributed by atoms with Crippen molar-refractivity contribution in [1.82, 2.24) is 0 Å². The van der Waals surface area contributed by atoms with E-state index in [1.807, 2.05) is 13.8 Å². The van der Waals surface area contributed by atoms with Crippen molar-refractivity contribution in [2.24, 2.45) is 0 Å². The highest BCUT2D eigenvalue weighted by Crippen LogP contribution is 2.28. The lowest BCUT2D eigenvalue weighted by Crippen LogP contribution is -2.06. The minimum atomic E-state index is -1.04. The van der Waals surface area contributed by atoms with E-state index in [4.69, 9.17) is 4.74 Å². The van der Waals surface area contributed by atoms with Crippen LogP contribution in [0.4, 0.5) is 8.78 Å². The first-order valence-electron chi connectivity index (χ1n) is 6.09. The summed E-state index contributed by atoms with van der Waals surface area (Å²) in [6.45, 7) is 3.75. The molecule has 0 amide bonds. The maximum atomic E-state index is 13.2. The Balaban J connectivity index is 2.53. The van der Waals surface area contributed by atoms with Crippen LogP contribution in [0.25, 0.3) is 0 Å². The molecule has 0 atom stereocenters. The second-order valence-corrected chi connectivity index (χ2v) is 4.55. The standard InChI is InChI=1S/C16H14F2O2/c1-9-4-6-12(16(20-3)10(9)2)15(19)11-5-7-13(17)14(18)8-11/h4-8H,1-3H3. The van der Waals surface area contributed by atoms with Crippen molar-refractivity contribution >= 4 is 5.78 Å². The lowest BCUT2D eigenvalue weighted by molar-refractivity contribution is 0.103. The number of methoxy groups -OCH3 is 1. The van der Waals surface area contributed by atoms with Crippen molar-refractivity contribution in [3.8, 4) is 5.75 Å². The van der Waals surface area contributed by atoms with Crippen LogP contribution in [0.15, 0.2) is 30.3 Å². The predicted octanol–water partition coefficient (Wildman–Crippen LogP) is 3.82. The Morgan fingerprint density at radius 3 is 2.35 bits per heavy atom. The average molecular weight is 276 g/mol. The zero-order valence-electron chi connectivity index (χ0n) is 11.5. The molecule has 0 N–H and O–H groups in total. The van der Waals surface area contributed by atoms with E-state index < -0.39 is 17.4 Å². The molecule has 0 aliphatic carbocycles. The van der Waals surface area contributed by atoms with Gasteiger partial charge < -0.3 is 4.74 Å². The van der Waals surface area contributed by atoms with Gasteiger partial charge in [-0.1, -0.05) is 6.07 Å². The minimum absolute atomic E-state index is 0.0884. The lowest BCUT2D eigenvalue weighted by atomic mass is 9.97. The first-order chi connectivity index (χ1) is 9.45. The van der Waals surface area contributed by atoms with Crippen LogP contribution < -0.4 is 4.74 Å². The first-order valence-corrected chi connectivity index (χ1v) is 6.09. The van der Waals surface area contributed by atoms with Gasteiger partial charge in [-0.15, -0.1) is 0 Å². The topological polar surface area (TPSA) is 26.3 Å². The number of ketones is 1. The molecule has 20 heavy (non-hydrogen) atoms. The fourth-order valence-electron chi connectivity index (χ4n) is 2.02. The van der Waals surface area contributed by atoms with Gasteiger partial charge in [-0.2, -0.15) is 0 Å². The summed E-state index contributed by atoms with van der Waals surface area (Å²) in [5, 5.41) is 0. The number of aryl methyl sites for hydroxylation is 1. The molecule has 2 aromatic rings. The normalized spacial score (nSPS) is 10.4. The van der Waals surface area contributed by atoms with Gasteiger partial charge in [-0.25, -0.2) is 8.78 Å². The molecule has 0 saturated carbocycles. The van der Waals surface area contributed by atoms with E-state index in [9.17, 15) is 13.6 Å². The van der Waals surface area contributed by atoms with E-state index in [1.54, 1.807) is 12.1 Å². The van der Waals surface area contributed by atoms with Gasteiger partial charge >= 0.3 is 0 Å². The van der Waals surface area contributed by atoms with Gasteiger partial charge in [-0.05, 0) is 49.2 Å². The second-order valence-electron chi connectivity index (χ2n) is 4.55. The van der Waals surface area contributed by atoms with Crippen molar-refractivity contribution in [3.05, 3.63) is 64.2 Å². The third kappa shape index (κ3) is 2.41. The molecule has 2 rings (SSSR count). The Morgan fingerprint density at radius 1 is 1.05 bits per heavy atom. The molecule has 0 saturated heterocycles. The molecule has 4 heteroatoms.